The third-order valence-electron chi connectivity index (χ3n) is 2.99. The van der Waals surface area contributed by atoms with E-state index >= 15 is 0 Å². The van der Waals surface area contributed by atoms with Gasteiger partial charge < -0.3 is 14.7 Å². The average Bonchev–Trinajstić information content (AvgIpc) is 2.16. The second-order valence-electron chi connectivity index (χ2n) is 4.37. The summed E-state index contributed by atoms with van der Waals surface area (Å²) < 4.78 is 5.19. The molecule has 1 heterocycles. The van der Waals surface area contributed by atoms with Gasteiger partial charge in [0.2, 0.25) is 0 Å². The molecule has 1 aliphatic rings. The molecule has 1 fully saturated rings. The number of aliphatic hydroxyl groups is 1. The Hall–Kier alpha value is -0.120. The third kappa shape index (κ3) is 2.94. The van der Waals surface area contributed by atoms with Gasteiger partial charge in [-0.3, -0.25) is 0 Å². The maximum atomic E-state index is 9.30. The summed E-state index contributed by atoms with van der Waals surface area (Å²) in [6.45, 7) is 9.31. The first-order chi connectivity index (χ1) is 6.76. The van der Waals surface area contributed by atoms with Gasteiger partial charge in [0.25, 0.3) is 0 Å². The van der Waals surface area contributed by atoms with Gasteiger partial charge >= 0.3 is 0 Å². The molecule has 1 N–H and O–H groups in total. The first-order valence-corrected chi connectivity index (χ1v) is 5.67. The van der Waals surface area contributed by atoms with E-state index in [0.717, 1.165) is 32.8 Å². The van der Waals surface area contributed by atoms with Crippen LogP contribution in [0.3, 0.4) is 0 Å². The average molecular weight is 201 g/mol. The van der Waals surface area contributed by atoms with Crippen LogP contribution in [0.5, 0.6) is 0 Å². The highest BCUT2D eigenvalue weighted by molar-refractivity contribution is 4.87. The largest absolute Gasteiger partial charge is 0.396 e. The fourth-order valence-electron chi connectivity index (χ4n) is 1.83. The molecule has 0 unspecified atom stereocenters. The number of aliphatic hydroxyl groups excluding tert-OH is 1. The predicted molar refractivity (Wildman–Crippen MR) is 57.4 cm³/mol. The number of hydrogen-bond acceptors (Lipinski definition) is 3. The van der Waals surface area contributed by atoms with Gasteiger partial charge in [-0.2, -0.15) is 0 Å². The number of ether oxygens (including phenoxy) is 1. The van der Waals surface area contributed by atoms with E-state index in [0.29, 0.717) is 0 Å². The van der Waals surface area contributed by atoms with E-state index in [1.54, 1.807) is 0 Å². The molecule has 1 saturated heterocycles. The summed E-state index contributed by atoms with van der Waals surface area (Å²) in [4.78, 5) is 2.42. The van der Waals surface area contributed by atoms with Crippen LogP contribution in [0.25, 0.3) is 0 Å². The quantitative estimate of drug-likeness (QED) is 0.670. The summed E-state index contributed by atoms with van der Waals surface area (Å²) >= 11 is 0. The molecule has 1 rings (SSSR count). The van der Waals surface area contributed by atoms with E-state index < -0.39 is 0 Å². The van der Waals surface area contributed by atoms with Crippen LogP contribution in [-0.2, 0) is 4.74 Å². The van der Waals surface area contributed by atoms with E-state index in [-0.39, 0.29) is 12.0 Å². The summed E-state index contributed by atoms with van der Waals surface area (Å²) in [7, 11) is 0. The van der Waals surface area contributed by atoms with Crippen LogP contribution in [-0.4, -0.2) is 49.5 Å². The summed E-state index contributed by atoms with van der Waals surface area (Å²) in [6.07, 6.45) is 2.48. The van der Waals surface area contributed by atoms with E-state index in [4.69, 9.17) is 4.74 Å². The lowest BCUT2D eigenvalue weighted by Crippen LogP contribution is -2.53. The molecule has 0 saturated carbocycles. The zero-order valence-electron chi connectivity index (χ0n) is 9.46. The maximum Gasteiger partial charge on any atom is 0.0579 e. The van der Waals surface area contributed by atoms with Gasteiger partial charge in [0.05, 0.1) is 25.2 Å². The molecule has 0 amide bonds. The van der Waals surface area contributed by atoms with Crippen molar-refractivity contribution in [3.05, 3.63) is 0 Å². The molecule has 0 radical (unpaired) electrons. The zero-order valence-corrected chi connectivity index (χ0v) is 9.46. The highest BCUT2D eigenvalue weighted by atomic mass is 16.5. The van der Waals surface area contributed by atoms with E-state index in [1.807, 2.05) is 0 Å². The lowest BCUT2D eigenvalue weighted by Gasteiger charge is -2.43. The Morgan fingerprint density at radius 3 is 2.43 bits per heavy atom. The van der Waals surface area contributed by atoms with E-state index in [2.05, 4.69) is 18.7 Å². The highest BCUT2D eigenvalue weighted by Gasteiger charge is 2.39. The summed E-state index contributed by atoms with van der Waals surface area (Å²) in [5.41, 5.74) is 0.0454. The molecular weight excluding hydrogens is 178 g/mol. The molecule has 0 bridgehead atoms. The van der Waals surface area contributed by atoms with Gasteiger partial charge in [0, 0.05) is 6.54 Å². The Balaban J connectivity index is 2.30. The summed E-state index contributed by atoms with van der Waals surface area (Å²) in [6, 6.07) is 0. The molecule has 0 spiro atoms. The summed E-state index contributed by atoms with van der Waals surface area (Å²) in [5.74, 6) is 0. The van der Waals surface area contributed by atoms with Gasteiger partial charge in [-0.05, 0) is 19.5 Å². The Morgan fingerprint density at radius 2 is 2.07 bits per heavy atom. The molecule has 3 heteroatoms. The van der Waals surface area contributed by atoms with Gasteiger partial charge in [0.1, 0.15) is 0 Å². The Morgan fingerprint density at radius 1 is 1.36 bits per heavy atom. The van der Waals surface area contributed by atoms with Gasteiger partial charge in [-0.15, -0.1) is 0 Å². The second-order valence-corrected chi connectivity index (χ2v) is 4.37. The van der Waals surface area contributed by atoms with Crippen LogP contribution in [0.4, 0.5) is 0 Å². The van der Waals surface area contributed by atoms with Crippen LogP contribution < -0.4 is 0 Å². The van der Waals surface area contributed by atoms with E-state index in [9.17, 15) is 5.11 Å². The van der Waals surface area contributed by atoms with Crippen LogP contribution in [0, 0.1) is 5.41 Å². The van der Waals surface area contributed by atoms with Crippen LogP contribution in [0.1, 0.15) is 26.7 Å². The molecule has 84 valence electrons. The van der Waals surface area contributed by atoms with Crippen molar-refractivity contribution in [3.63, 3.8) is 0 Å². The molecule has 0 aromatic carbocycles. The first-order valence-electron chi connectivity index (χ1n) is 5.67. The molecule has 0 aromatic rings. The highest BCUT2D eigenvalue weighted by Crippen LogP contribution is 2.27. The number of nitrogens with zero attached hydrogens (tertiary/aromatic N) is 1. The zero-order chi connectivity index (χ0) is 10.4. The maximum absolute atomic E-state index is 9.30. The Labute approximate surface area is 87.1 Å². The summed E-state index contributed by atoms with van der Waals surface area (Å²) in [5, 5.41) is 9.30. The lowest BCUT2D eigenvalue weighted by atomic mass is 9.86. The minimum absolute atomic E-state index is 0.0454. The fraction of sp³-hybridized carbons (Fsp3) is 1.00. The molecule has 0 aromatic heterocycles. The van der Waals surface area contributed by atoms with Gasteiger partial charge in [0.15, 0.2) is 0 Å². The minimum Gasteiger partial charge on any atom is -0.396 e. The van der Waals surface area contributed by atoms with Crippen LogP contribution in [0.2, 0.25) is 0 Å². The van der Waals surface area contributed by atoms with Crippen molar-refractivity contribution in [1.29, 1.82) is 0 Å². The van der Waals surface area contributed by atoms with Gasteiger partial charge in [-0.1, -0.05) is 20.3 Å². The van der Waals surface area contributed by atoms with Crippen molar-refractivity contribution in [3.8, 4) is 0 Å². The minimum atomic E-state index is 0.0454. The number of unbranched alkanes of at least 4 members (excludes halogenated alkanes) is 1. The Kier molecular flexibility index (Phi) is 4.85. The van der Waals surface area contributed by atoms with Crippen molar-refractivity contribution in [2.24, 2.45) is 5.41 Å². The fourth-order valence-corrected chi connectivity index (χ4v) is 1.83. The van der Waals surface area contributed by atoms with Crippen LogP contribution in [0.15, 0.2) is 0 Å². The second kappa shape index (κ2) is 5.69. The van der Waals surface area contributed by atoms with E-state index in [1.165, 1.54) is 12.8 Å². The van der Waals surface area contributed by atoms with Crippen molar-refractivity contribution in [1.82, 2.24) is 4.90 Å². The lowest BCUT2D eigenvalue weighted by molar-refractivity contribution is -0.148. The van der Waals surface area contributed by atoms with Crippen molar-refractivity contribution < 1.29 is 9.84 Å². The molecule has 0 aliphatic carbocycles. The van der Waals surface area contributed by atoms with Crippen molar-refractivity contribution >= 4 is 0 Å². The topological polar surface area (TPSA) is 32.7 Å². The molecular formula is C11H23NO2. The van der Waals surface area contributed by atoms with Crippen molar-refractivity contribution in [2.75, 3.05) is 39.5 Å². The molecule has 3 nitrogen and oxygen atoms in total. The normalized spacial score (nSPS) is 19.7. The van der Waals surface area contributed by atoms with Crippen LogP contribution >= 0.6 is 0 Å². The molecule has 14 heavy (non-hydrogen) atoms. The number of rotatable bonds is 7. The SMILES string of the molecule is CCCCN(CC)CC1(CO)COC1. The number of hydrogen-bond donors (Lipinski definition) is 1. The monoisotopic (exact) mass is 201 g/mol. The third-order valence-corrected chi connectivity index (χ3v) is 2.99. The van der Waals surface area contributed by atoms with Crippen molar-refractivity contribution in [2.45, 2.75) is 26.7 Å². The Bertz CT molecular complexity index is 152. The standard InChI is InChI=1S/C11H23NO2/c1-3-5-6-12(4-2)7-11(8-13)9-14-10-11/h13H,3-10H2,1-2H3. The predicted octanol–water partition coefficient (Wildman–Crippen LogP) is 1.12. The first kappa shape index (κ1) is 12.0. The van der Waals surface area contributed by atoms with Gasteiger partial charge in [-0.25, -0.2) is 0 Å². The molecule has 0 atom stereocenters. The smallest absolute Gasteiger partial charge is 0.0579 e. The molecule has 1 aliphatic heterocycles.